The smallest absolute Gasteiger partial charge is 0.315 e. The maximum absolute atomic E-state index is 15.2. The number of hydrogen-bond acceptors (Lipinski definition) is 5. The van der Waals surface area contributed by atoms with Crippen molar-refractivity contribution in [3.05, 3.63) is 29.6 Å². The van der Waals surface area contributed by atoms with Crippen molar-refractivity contribution in [3.8, 4) is 6.07 Å². The first-order valence-corrected chi connectivity index (χ1v) is 14.8. The highest BCUT2D eigenvalue weighted by Gasteiger charge is 2.64. The summed E-state index contributed by atoms with van der Waals surface area (Å²) in [6.45, 7) is 6.63. The fourth-order valence-electron chi connectivity index (χ4n) is 8.30. The molecule has 1 aromatic rings. The van der Waals surface area contributed by atoms with Gasteiger partial charge in [-0.2, -0.15) is 14.0 Å². The van der Waals surface area contributed by atoms with Gasteiger partial charge >= 0.3 is 6.43 Å². The molecule has 2 saturated carbocycles. The summed E-state index contributed by atoms with van der Waals surface area (Å²) >= 11 is 0. The lowest BCUT2D eigenvalue weighted by Crippen LogP contribution is -2.60. The number of likely N-dealkylation sites (tertiary alicyclic amines) is 2. The van der Waals surface area contributed by atoms with Crippen LogP contribution in [-0.2, 0) is 24.6 Å². The van der Waals surface area contributed by atoms with Crippen LogP contribution < -0.4 is 10.6 Å². The Morgan fingerprint density at radius 2 is 1.86 bits per heavy atom. The van der Waals surface area contributed by atoms with E-state index in [1.807, 2.05) is 0 Å². The zero-order valence-corrected chi connectivity index (χ0v) is 25.0. The van der Waals surface area contributed by atoms with Crippen molar-refractivity contribution in [2.75, 3.05) is 18.4 Å². The van der Waals surface area contributed by atoms with Crippen LogP contribution in [0.3, 0.4) is 0 Å². The Hall–Kier alpha value is -3.69. The molecule has 0 radical (unpaired) electrons. The van der Waals surface area contributed by atoms with E-state index in [2.05, 4.69) is 16.7 Å². The Balaban J connectivity index is 1.52. The summed E-state index contributed by atoms with van der Waals surface area (Å²) in [5.41, 5.74) is -1.64. The normalized spacial score (nSPS) is 33.2. The first-order valence-electron chi connectivity index (χ1n) is 14.8. The second-order valence-corrected chi connectivity index (χ2v) is 14.0. The molecule has 2 saturated heterocycles. The third-order valence-electron chi connectivity index (χ3n) is 10.2. The van der Waals surface area contributed by atoms with Crippen LogP contribution in [0, 0.1) is 46.2 Å². The largest absolute Gasteiger partial charge is 0.339 e. The number of nitrogens with zero attached hydrogens (tertiary/aromatic N) is 3. The Morgan fingerprint density at radius 1 is 1.16 bits per heavy atom. The number of nitrogens with one attached hydrogen (secondary N) is 2. The molecule has 4 amide bonds. The van der Waals surface area contributed by atoms with Crippen LogP contribution in [0.1, 0.15) is 52.5 Å². The summed E-state index contributed by atoms with van der Waals surface area (Å²) in [6, 6.07) is 2.86. The standard InChI is InChI=1S/C31H37F4N5O4/c1-30(2,3)25(38-27(42)26(34)35)29(44)39-12-18-15-8-17(21(33)9-15)22(18)24(39)28(43)40-13-31(4,10-16(40)11-36)19-6-5-7-20(32)23(19)37-14-41/h5-7,14-18,21-22,24-26H,8-10,12-13H2,1-4H3,(H,37,41)(H,38,42). The number of anilines is 1. The molecule has 0 spiro atoms. The van der Waals surface area contributed by atoms with Crippen molar-refractivity contribution in [2.45, 2.75) is 83.1 Å². The van der Waals surface area contributed by atoms with Crippen LogP contribution in [0.4, 0.5) is 23.2 Å². The lowest BCUT2D eigenvalue weighted by Gasteiger charge is -2.38. The molecule has 2 heterocycles. The van der Waals surface area contributed by atoms with Crippen LogP contribution >= 0.6 is 0 Å². The van der Waals surface area contributed by atoms with Crippen molar-refractivity contribution in [2.24, 2.45) is 29.1 Å². The van der Waals surface area contributed by atoms with E-state index in [1.54, 1.807) is 33.8 Å². The third kappa shape index (κ3) is 5.20. The first-order chi connectivity index (χ1) is 20.6. The summed E-state index contributed by atoms with van der Waals surface area (Å²) in [4.78, 5) is 54.6. The zero-order valence-electron chi connectivity index (χ0n) is 25.0. The SMILES string of the molecule is CC1(c2cccc(F)c2NC=O)CC(C#N)N(C(=O)C2C3C4CC(CC4F)C3CN2C(=O)C(NC(=O)C(F)F)C(C)(C)C)C1. The van der Waals surface area contributed by atoms with E-state index in [4.69, 9.17) is 0 Å². The molecule has 9 atom stereocenters. The number of para-hydroxylation sites is 1. The molecule has 2 aliphatic heterocycles. The van der Waals surface area contributed by atoms with E-state index in [-0.39, 0.29) is 37.0 Å². The van der Waals surface area contributed by atoms with E-state index in [9.17, 15) is 37.6 Å². The van der Waals surface area contributed by atoms with Gasteiger partial charge < -0.3 is 20.4 Å². The molecule has 238 valence electrons. The topological polar surface area (TPSA) is 123 Å². The molecule has 13 heteroatoms. The van der Waals surface area contributed by atoms with E-state index in [0.29, 0.717) is 24.8 Å². The van der Waals surface area contributed by atoms with Crippen LogP contribution in [0.15, 0.2) is 18.2 Å². The molecule has 9 nitrogen and oxygen atoms in total. The molecule has 2 N–H and O–H groups in total. The Bertz CT molecular complexity index is 1400. The minimum Gasteiger partial charge on any atom is -0.339 e. The lowest BCUT2D eigenvalue weighted by molar-refractivity contribution is -0.150. The molecule has 2 aliphatic carbocycles. The molecule has 2 bridgehead atoms. The van der Waals surface area contributed by atoms with Gasteiger partial charge in [-0.1, -0.05) is 39.8 Å². The van der Waals surface area contributed by atoms with Gasteiger partial charge in [0.25, 0.3) is 5.91 Å². The Labute approximate surface area is 253 Å². The highest BCUT2D eigenvalue weighted by atomic mass is 19.3. The van der Waals surface area contributed by atoms with Gasteiger partial charge in [0.1, 0.15) is 30.1 Å². The molecular formula is C31H37F4N5O4. The highest BCUT2D eigenvalue weighted by molar-refractivity contribution is 5.94. The van der Waals surface area contributed by atoms with Crippen LogP contribution in [0.5, 0.6) is 0 Å². The number of benzene rings is 1. The van der Waals surface area contributed by atoms with Gasteiger partial charge in [-0.15, -0.1) is 0 Å². The van der Waals surface area contributed by atoms with E-state index >= 15 is 4.39 Å². The minimum absolute atomic E-state index is 0.0467. The number of nitriles is 1. The average Bonchev–Trinajstić information content (AvgIpc) is 3.70. The van der Waals surface area contributed by atoms with Gasteiger partial charge in [0.05, 0.1) is 11.8 Å². The molecule has 1 aromatic carbocycles. The lowest BCUT2D eigenvalue weighted by atomic mass is 9.77. The highest BCUT2D eigenvalue weighted by Crippen LogP contribution is 2.59. The molecule has 0 aromatic heterocycles. The van der Waals surface area contributed by atoms with Crippen LogP contribution in [0.2, 0.25) is 0 Å². The number of hydrogen-bond donors (Lipinski definition) is 2. The monoisotopic (exact) mass is 619 g/mol. The fourth-order valence-corrected chi connectivity index (χ4v) is 8.30. The van der Waals surface area contributed by atoms with Gasteiger partial charge in [-0.05, 0) is 60.0 Å². The summed E-state index contributed by atoms with van der Waals surface area (Å²) < 4.78 is 56.4. The molecule has 44 heavy (non-hydrogen) atoms. The van der Waals surface area contributed by atoms with Gasteiger partial charge in [-0.3, -0.25) is 19.2 Å². The van der Waals surface area contributed by atoms with Gasteiger partial charge in [0.15, 0.2) is 0 Å². The van der Waals surface area contributed by atoms with Crippen LogP contribution in [0.25, 0.3) is 0 Å². The second kappa shape index (κ2) is 11.3. The second-order valence-electron chi connectivity index (χ2n) is 14.0. The Kier molecular flexibility index (Phi) is 8.18. The number of halogens is 4. The number of carbonyl (C=O) groups is 4. The summed E-state index contributed by atoms with van der Waals surface area (Å²) in [5.74, 6) is -4.86. The number of amides is 4. The molecule has 9 unspecified atom stereocenters. The van der Waals surface area contributed by atoms with Crippen molar-refractivity contribution in [3.63, 3.8) is 0 Å². The van der Waals surface area contributed by atoms with Gasteiger partial charge in [-0.25, -0.2) is 8.78 Å². The van der Waals surface area contributed by atoms with E-state index in [0.717, 1.165) is 0 Å². The predicted molar refractivity (Wildman–Crippen MR) is 150 cm³/mol. The Morgan fingerprint density at radius 3 is 2.48 bits per heavy atom. The average molecular weight is 620 g/mol. The van der Waals surface area contributed by atoms with Crippen LogP contribution in [-0.4, -0.2) is 77.7 Å². The summed E-state index contributed by atoms with van der Waals surface area (Å²) in [6.07, 6.45) is -3.19. The third-order valence-corrected chi connectivity index (χ3v) is 10.2. The number of carbonyl (C=O) groups excluding carboxylic acids is 4. The number of alkyl halides is 3. The van der Waals surface area contributed by atoms with Crippen molar-refractivity contribution >= 4 is 29.8 Å². The van der Waals surface area contributed by atoms with E-state index in [1.165, 1.54) is 21.9 Å². The molecule has 5 rings (SSSR count). The fraction of sp³-hybridized carbons (Fsp3) is 0.645. The van der Waals surface area contributed by atoms with Gasteiger partial charge in [0, 0.05) is 18.5 Å². The maximum Gasteiger partial charge on any atom is 0.315 e. The van der Waals surface area contributed by atoms with Crippen molar-refractivity contribution < 1.29 is 36.7 Å². The molecular weight excluding hydrogens is 582 g/mol. The molecule has 4 fully saturated rings. The molecule has 4 aliphatic rings. The van der Waals surface area contributed by atoms with E-state index < -0.39 is 76.9 Å². The summed E-state index contributed by atoms with van der Waals surface area (Å²) in [5, 5.41) is 14.7. The first kappa shape index (κ1) is 31.7. The maximum atomic E-state index is 15.2. The zero-order chi connectivity index (χ0) is 32.3. The predicted octanol–water partition coefficient (Wildman–Crippen LogP) is 3.39. The van der Waals surface area contributed by atoms with Crippen molar-refractivity contribution in [1.82, 2.24) is 15.1 Å². The number of fused-ring (bicyclic) bond motifs is 5. The minimum atomic E-state index is -3.36. The number of rotatable bonds is 7. The van der Waals surface area contributed by atoms with Crippen molar-refractivity contribution in [1.29, 1.82) is 5.26 Å². The quantitative estimate of drug-likeness (QED) is 0.358. The van der Waals surface area contributed by atoms with Gasteiger partial charge in [0.2, 0.25) is 18.2 Å². The summed E-state index contributed by atoms with van der Waals surface area (Å²) in [7, 11) is 0.